The molecule has 1 aromatic heterocycles. The summed E-state index contributed by atoms with van der Waals surface area (Å²) in [6, 6.07) is 4.00. The maximum atomic E-state index is 8.67. The topological polar surface area (TPSA) is 88.6 Å². The molecule has 1 aromatic rings. The van der Waals surface area contributed by atoms with E-state index in [1.807, 2.05) is 12.1 Å². The lowest BCUT2D eigenvalue weighted by Crippen LogP contribution is -2.25. The van der Waals surface area contributed by atoms with Crippen LogP contribution in [0.15, 0.2) is 12.4 Å². The molecule has 0 aliphatic rings. The maximum absolute atomic E-state index is 8.67. The molecule has 6 heteroatoms. The first kappa shape index (κ1) is 12.7. The van der Waals surface area contributed by atoms with Crippen LogP contribution in [-0.2, 0) is 0 Å². The van der Waals surface area contributed by atoms with Gasteiger partial charge in [0.1, 0.15) is 18.9 Å². The number of anilines is 2. The molecule has 0 atom stereocenters. The highest BCUT2D eigenvalue weighted by molar-refractivity contribution is 5.45. The predicted octanol–water partition coefficient (Wildman–Crippen LogP) is 1.15. The summed E-state index contributed by atoms with van der Waals surface area (Å²) in [6.07, 6.45) is 4.16. The lowest BCUT2D eigenvalue weighted by Gasteiger charge is -2.16. The quantitative estimate of drug-likeness (QED) is 0.737. The van der Waals surface area contributed by atoms with Crippen molar-refractivity contribution in [2.24, 2.45) is 0 Å². The van der Waals surface area contributed by atoms with E-state index in [1.165, 1.54) is 0 Å². The van der Waals surface area contributed by atoms with Crippen molar-refractivity contribution in [1.29, 1.82) is 10.5 Å². The van der Waals surface area contributed by atoms with Crippen LogP contribution in [0.3, 0.4) is 0 Å². The molecule has 0 amide bonds. The van der Waals surface area contributed by atoms with Crippen LogP contribution in [0.5, 0.6) is 0 Å². The van der Waals surface area contributed by atoms with E-state index in [0.29, 0.717) is 11.6 Å². The first-order valence-corrected chi connectivity index (χ1v) is 5.36. The number of nitriles is 2. The van der Waals surface area contributed by atoms with Crippen molar-refractivity contribution in [3.63, 3.8) is 0 Å². The van der Waals surface area contributed by atoms with Gasteiger partial charge >= 0.3 is 0 Å². The Balaban J connectivity index is 2.81. The minimum absolute atomic E-state index is 0.124. The Morgan fingerprint density at radius 3 is 2.59 bits per heavy atom. The molecule has 6 nitrogen and oxygen atoms in total. The van der Waals surface area contributed by atoms with Crippen molar-refractivity contribution >= 4 is 11.6 Å². The molecule has 17 heavy (non-hydrogen) atoms. The molecule has 1 heterocycles. The molecule has 0 saturated carbocycles. The van der Waals surface area contributed by atoms with Gasteiger partial charge in [0.15, 0.2) is 5.82 Å². The summed E-state index contributed by atoms with van der Waals surface area (Å²) in [5, 5.41) is 20.4. The van der Waals surface area contributed by atoms with Crippen LogP contribution in [0.25, 0.3) is 0 Å². The van der Waals surface area contributed by atoms with Crippen molar-refractivity contribution in [1.82, 2.24) is 9.97 Å². The van der Waals surface area contributed by atoms with E-state index in [0.717, 1.165) is 13.0 Å². The molecule has 0 unspecified atom stereocenters. The number of hydrogen-bond acceptors (Lipinski definition) is 6. The molecule has 88 valence electrons. The molecule has 0 radical (unpaired) electrons. The van der Waals surface area contributed by atoms with Gasteiger partial charge in [-0.1, -0.05) is 6.92 Å². The molecule has 0 spiro atoms. The zero-order chi connectivity index (χ0) is 12.5. The molecule has 1 rings (SSSR count). The Labute approximate surface area is 101 Å². The van der Waals surface area contributed by atoms with Crippen LogP contribution in [-0.4, -0.2) is 29.6 Å². The molecule has 0 bridgehead atoms. The van der Waals surface area contributed by atoms with E-state index in [2.05, 4.69) is 22.2 Å². The molecule has 0 saturated heterocycles. The fourth-order valence-electron chi connectivity index (χ4n) is 1.23. The molecule has 0 fully saturated rings. The van der Waals surface area contributed by atoms with Crippen LogP contribution in [0.4, 0.5) is 11.6 Å². The van der Waals surface area contributed by atoms with Crippen LogP contribution >= 0.6 is 0 Å². The molecule has 0 aliphatic heterocycles. The Hall–Kier alpha value is -2.34. The Kier molecular flexibility index (Phi) is 5.26. The highest BCUT2D eigenvalue weighted by Crippen LogP contribution is 2.11. The average Bonchev–Trinajstić information content (AvgIpc) is 2.36. The predicted molar refractivity (Wildman–Crippen MR) is 64.3 cm³/mol. The van der Waals surface area contributed by atoms with Gasteiger partial charge in [0.2, 0.25) is 0 Å². The lowest BCUT2D eigenvalue weighted by atomic mass is 10.4. The Morgan fingerprint density at radius 2 is 2.00 bits per heavy atom. The average molecular weight is 230 g/mol. The largest absolute Gasteiger partial charge is 0.369 e. The highest BCUT2D eigenvalue weighted by atomic mass is 15.2. The lowest BCUT2D eigenvalue weighted by molar-refractivity contribution is 0.915. The second-order valence-electron chi connectivity index (χ2n) is 3.36. The van der Waals surface area contributed by atoms with Crippen molar-refractivity contribution in [3.8, 4) is 12.1 Å². The summed E-state index contributed by atoms with van der Waals surface area (Å²) in [5.74, 6) is 1.19. The number of nitrogens with one attached hydrogen (secondary N) is 1. The molecule has 0 aliphatic carbocycles. The smallest absolute Gasteiger partial charge is 0.151 e. The summed E-state index contributed by atoms with van der Waals surface area (Å²) >= 11 is 0. The molecular formula is C11H14N6. The number of hydrogen-bond donors (Lipinski definition) is 1. The monoisotopic (exact) mass is 230 g/mol. The second-order valence-corrected chi connectivity index (χ2v) is 3.36. The normalized spacial score (nSPS) is 9.12. The first-order valence-electron chi connectivity index (χ1n) is 5.36. The van der Waals surface area contributed by atoms with E-state index >= 15 is 0 Å². The number of nitrogens with zero attached hydrogens (tertiary/aromatic N) is 5. The van der Waals surface area contributed by atoms with Crippen LogP contribution in [0, 0.1) is 22.7 Å². The zero-order valence-electron chi connectivity index (χ0n) is 9.72. The summed E-state index contributed by atoms with van der Waals surface area (Å²) < 4.78 is 0. The second kappa shape index (κ2) is 7.02. The van der Waals surface area contributed by atoms with Gasteiger partial charge in [-0.05, 0) is 6.42 Å². The van der Waals surface area contributed by atoms with Gasteiger partial charge in [-0.25, -0.2) is 4.98 Å². The van der Waals surface area contributed by atoms with Gasteiger partial charge in [-0.3, -0.25) is 4.98 Å². The van der Waals surface area contributed by atoms with Crippen LogP contribution in [0.1, 0.15) is 13.3 Å². The Morgan fingerprint density at radius 1 is 1.29 bits per heavy atom. The van der Waals surface area contributed by atoms with Gasteiger partial charge in [-0.2, -0.15) is 10.5 Å². The molecule has 1 N–H and O–H groups in total. The van der Waals surface area contributed by atoms with Crippen molar-refractivity contribution < 1.29 is 0 Å². The maximum Gasteiger partial charge on any atom is 0.151 e. The SMILES string of the molecule is CCCNc1cncc(N(CC#N)CC#N)n1. The van der Waals surface area contributed by atoms with Gasteiger partial charge in [-0.15, -0.1) is 0 Å². The van der Waals surface area contributed by atoms with Gasteiger partial charge < -0.3 is 10.2 Å². The fourth-order valence-corrected chi connectivity index (χ4v) is 1.23. The third-order valence-corrected chi connectivity index (χ3v) is 2.03. The van der Waals surface area contributed by atoms with Crippen molar-refractivity contribution in [2.45, 2.75) is 13.3 Å². The van der Waals surface area contributed by atoms with E-state index in [4.69, 9.17) is 10.5 Å². The van der Waals surface area contributed by atoms with Crippen molar-refractivity contribution in [2.75, 3.05) is 29.9 Å². The van der Waals surface area contributed by atoms with Gasteiger partial charge in [0.25, 0.3) is 0 Å². The summed E-state index contributed by atoms with van der Waals surface area (Å²) in [5.41, 5.74) is 0. The Bertz CT molecular complexity index is 414. The summed E-state index contributed by atoms with van der Waals surface area (Å²) in [4.78, 5) is 9.91. The summed E-state index contributed by atoms with van der Waals surface area (Å²) in [6.45, 7) is 3.12. The first-order chi connectivity index (χ1) is 8.31. The van der Waals surface area contributed by atoms with E-state index in [-0.39, 0.29) is 13.1 Å². The number of aromatic nitrogens is 2. The van der Waals surface area contributed by atoms with E-state index < -0.39 is 0 Å². The van der Waals surface area contributed by atoms with Crippen molar-refractivity contribution in [3.05, 3.63) is 12.4 Å². The standard InChI is InChI=1S/C11H14N6/c1-2-5-15-10-8-14-9-11(16-10)17(6-3-12)7-4-13/h8-9H,2,5-7H2,1H3,(H,15,16). The minimum atomic E-state index is 0.124. The van der Waals surface area contributed by atoms with Gasteiger partial charge in [0.05, 0.1) is 24.5 Å². The third kappa shape index (κ3) is 3.96. The van der Waals surface area contributed by atoms with Gasteiger partial charge in [0, 0.05) is 6.54 Å². The minimum Gasteiger partial charge on any atom is -0.369 e. The van der Waals surface area contributed by atoms with E-state index in [1.54, 1.807) is 17.3 Å². The fraction of sp³-hybridized carbons (Fsp3) is 0.455. The third-order valence-electron chi connectivity index (χ3n) is 2.03. The highest BCUT2D eigenvalue weighted by Gasteiger charge is 2.07. The number of rotatable bonds is 6. The van der Waals surface area contributed by atoms with E-state index in [9.17, 15) is 0 Å². The summed E-state index contributed by atoms with van der Waals surface area (Å²) in [7, 11) is 0. The van der Waals surface area contributed by atoms with Crippen LogP contribution < -0.4 is 10.2 Å². The zero-order valence-corrected chi connectivity index (χ0v) is 9.72. The molecule has 0 aromatic carbocycles. The molecular weight excluding hydrogens is 216 g/mol. The van der Waals surface area contributed by atoms with Crippen LogP contribution in [0.2, 0.25) is 0 Å².